The standard InChI is InChI=1S/C16H22N2O.HI/c1-13-6-3-7-14(12-13)17(2)15(19)16-8-4-10-18(16)11-5-9-16;/h3,6-7,12H,4-5,8-11H2,1-2H3;1H. The average Bonchev–Trinajstić information content (AvgIpc) is 2.97. The maximum absolute atomic E-state index is 12.9. The molecule has 4 heteroatoms. The Morgan fingerprint density at radius 2 is 1.90 bits per heavy atom. The van der Waals surface area contributed by atoms with Crippen molar-refractivity contribution < 1.29 is 4.79 Å². The largest absolute Gasteiger partial charge is 0.314 e. The third-order valence-corrected chi connectivity index (χ3v) is 4.73. The Balaban J connectivity index is 0.00000147. The number of nitrogens with zero attached hydrogens (tertiary/aromatic N) is 2. The van der Waals surface area contributed by atoms with Crippen LogP contribution in [0.5, 0.6) is 0 Å². The van der Waals surface area contributed by atoms with Gasteiger partial charge in [-0.15, -0.1) is 24.0 Å². The molecule has 2 saturated heterocycles. The topological polar surface area (TPSA) is 23.6 Å². The number of hydrogen-bond acceptors (Lipinski definition) is 2. The summed E-state index contributed by atoms with van der Waals surface area (Å²) in [7, 11) is 1.92. The molecule has 0 unspecified atom stereocenters. The fraction of sp³-hybridized carbons (Fsp3) is 0.562. The van der Waals surface area contributed by atoms with Crippen molar-refractivity contribution in [3.05, 3.63) is 29.8 Å². The highest BCUT2D eigenvalue weighted by atomic mass is 127. The maximum atomic E-state index is 12.9. The molecule has 0 bridgehead atoms. The van der Waals surface area contributed by atoms with Crippen molar-refractivity contribution in [3.8, 4) is 0 Å². The van der Waals surface area contributed by atoms with Crippen LogP contribution in [0.25, 0.3) is 0 Å². The summed E-state index contributed by atoms with van der Waals surface area (Å²) in [6.45, 7) is 4.25. The van der Waals surface area contributed by atoms with E-state index in [-0.39, 0.29) is 35.4 Å². The second kappa shape index (κ2) is 6.02. The maximum Gasteiger partial charge on any atom is 0.247 e. The summed E-state index contributed by atoms with van der Waals surface area (Å²) in [4.78, 5) is 17.2. The molecule has 3 nitrogen and oxygen atoms in total. The molecule has 20 heavy (non-hydrogen) atoms. The molecule has 0 saturated carbocycles. The molecule has 0 radical (unpaired) electrons. The van der Waals surface area contributed by atoms with Gasteiger partial charge in [0.05, 0.1) is 0 Å². The number of halogens is 1. The first-order chi connectivity index (χ1) is 9.13. The van der Waals surface area contributed by atoms with Crippen LogP contribution in [-0.2, 0) is 4.79 Å². The van der Waals surface area contributed by atoms with Crippen molar-refractivity contribution in [1.82, 2.24) is 4.90 Å². The number of likely N-dealkylation sites (N-methyl/N-ethyl adjacent to an activating group) is 1. The van der Waals surface area contributed by atoms with Gasteiger partial charge in [0.15, 0.2) is 0 Å². The number of aryl methyl sites for hydroxylation is 1. The van der Waals surface area contributed by atoms with E-state index in [4.69, 9.17) is 0 Å². The third kappa shape index (κ3) is 2.48. The molecule has 3 rings (SSSR count). The van der Waals surface area contributed by atoms with Gasteiger partial charge in [0.25, 0.3) is 0 Å². The molecule has 110 valence electrons. The van der Waals surface area contributed by atoms with Gasteiger partial charge < -0.3 is 4.90 Å². The van der Waals surface area contributed by atoms with Gasteiger partial charge in [0.2, 0.25) is 5.91 Å². The second-order valence-corrected chi connectivity index (χ2v) is 5.93. The Morgan fingerprint density at radius 3 is 2.50 bits per heavy atom. The number of hydrogen-bond donors (Lipinski definition) is 0. The van der Waals surface area contributed by atoms with Gasteiger partial charge in [-0.1, -0.05) is 12.1 Å². The lowest BCUT2D eigenvalue weighted by atomic mass is 9.92. The van der Waals surface area contributed by atoms with Crippen LogP contribution in [-0.4, -0.2) is 36.5 Å². The van der Waals surface area contributed by atoms with Crippen molar-refractivity contribution in [2.75, 3.05) is 25.0 Å². The first-order valence-corrected chi connectivity index (χ1v) is 7.23. The Kier molecular flexibility index (Phi) is 4.74. The molecule has 1 aromatic rings. The van der Waals surface area contributed by atoms with Crippen LogP contribution in [0.3, 0.4) is 0 Å². The molecule has 2 fully saturated rings. The highest BCUT2D eigenvalue weighted by Crippen LogP contribution is 2.40. The SMILES string of the molecule is Cc1cccc(N(C)C(=O)C23CCCN2CCC3)c1.I. The zero-order valence-electron chi connectivity index (χ0n) is 12.3. The normalized spacial score (nSPS) is 20.3. The predicted octanol–water partition coefficient (Wildman–Crippen LogP) is 3.20. The number of rotatable bonds is 2. The fourth-order valence-corrected chi connectivity index (χ4v) is 3.72. The number of anilines is 1. The number of fused-ring (bicyclic) bond motifs is 1. The number of benzene rings is 1. The lowest BCUT2D eigenvalue weighted by molar-refractivity contribution is -0.127. The van der Waals surface area contributed by atoms with Gasteiger partial charge >= 0.3 is 0 Å². The fourth-order valence-electron chi connectivity index (χ4n) is 3.72. The van der Waals surface area contributed by atoms with Gasteiger partial charge in [-0.3, -0.25) is 9.69 Å². The number of amides is 1. The first kappa shape index (κ1) is 15.8. The Labute approximate surface area is 138 Å². The molecule has 0 aromatic heterocycles. The van der Waals surface area contributed by atoms with E-state index >= 15 is 0 Å². The monoisotopic (exact) mass is 386 g/mol. The summed E-state index contributed by atoms with van der Waals surface area (Å²) in [5.74, 6) is 0.285. The molecule has 2 aliphatic rings. The van der Waals surface area contributed by atoms with Crippen LogP contribution < -0.4 is 4.90 Å². The predicted molar refractivity (Wildman–Crippen MR) is 92.8 cm³/mol. The molecule has 0 N–H and O–H groups in total. The van der Waals surface area contributed by atoms with E-state index in [2.05, 4.69) is 24.0 Å². The van der Waals surface area contributed by atoms with Gasteiger partial charge in [-0.05, 0) is 63.4 Å². The lowest BCUT2D eigenvalue weighted by Crippen LogP contribution is -2.52. The van der Waals surface area contributed by atoms with Crippen LogP contribution in [0.2, 0.25) is 0 Å². The van der Waals surface area contributed by atoms with Gasteiger partial charge in [0, 0.05) is 12.7 Å². The zero-order valence-corrected chi connectivity index (χ0v) is 14.6. The molecule has 1 amide bonds. The van der Waals surface area contributed by atoms with Gasteiger partial charge in [-0.2, -0.15) is 0 Å². The van der Waals surface area contributed by atoms with E-state index < -0.39 is 0 Å². The van der Waals surface area contributed by atoms with Crippen LogP contribution >= 0.6 is 24.0 Å². The summed E-state index contributed by atoms with van der Waals surface area (Å²) >= 11 is 0. The summed E-state index contributed by atoms with van der Waals surface area (Å²) in [5.41, 5.74) is 2.01. The van der Waals surface area contributed by atoms with Crippen molar-refractivity contribution in [1.29, 1.82) is 0 Å². The van der Waals surface area contributed by atoms with E-state index in [1.807, 2.05) is 24.1 Å². The van der Waals surface area contributed by atoms with E-state index in [1.165, 1.54) is 5.56 Å². The van der Waals surface area contributed by atoms with E-state index in [0.717, 1.165) is 44.5 Å². The van der Waals surface area contributed by atoms with Crippen LogP contribution in [0, 0.1) is 6.92 Å². The number of carbonyl (C=O) groups is 1. The second-order valence-electron chi connectivity index (χ2n) is 5.93. The van der Waals surface area contributed by atoms with Crippen molar-refractivity contribution in [2.45, 2.75) is 38.1 Å². The van der Waals surface area contributed by atoms with Crippen molar-refractivity contribution >= 4 is 35.6 Å². The minimum Gasteiger partial charge on any atom is -0.314 e. The zero-order chi connectivity index (χ0) is 13.5. The quantitative estimate of drug-likeness (QED) is 0.729. The lowest BCUT2D eigenvalue weighted by Gasteiger charge is -2.34. The minimum absolute atomic E-state index is 0. The summed E-state index contributed by atoms with van der Waals surface area (Å²) in [5, 5.41) is 0. The molecular formula is C16H23IN2O. The minimum atomic E-state index is -0.196. The molecule has 0 atom stereocenters. The molecule has 0 aliphatic carbocycles. The Morgan fingerprint density at radius 1 is 1.25 bits per heavy atom. The molecule has 2 aliphatic heterocycles. The van der Waals surface area contributed by atoms with Crippen LogP contribution in [0.15, 0.2) is 24.3 Å². The van der Waals surface area contributed by atoms with Crippen molar-refractivity contribution in [3.63, 3.8) is 0 Å². The van der Waals surface area contributed by atoms with E-state index in [9.17, 15) is 4.79 Å². The smallest absolute Gasteiger partial charge is 0.247 e. The van der Waals surface area contributed by atoms with Gasteiger partial charge in [0.1, 0.15) is 5.54 Å². The highest BCUT2D eigenvalue weighted by Gasteiger charge is 2.51. The van der Waals surface area contributed by atoms with E-state index in [1.54, 1.807) is 0 Å². The van der Waals surface area contributed by atoms with Crippen LogP contribution in [0.4, 0.5) is 5.69 Å². The molecular weight excluding hydrogens is 363 g/mol. The molecule has 1 aromatic carbocycles. The summed E-state index contributed by atoms with van der Waals surface area (Å²) in [6, 6.07) is 8.20. The molecule has 2 heterocycles. The van der Waals surface area contributed by atoms with Gasteiger partial charge in [-0.25, -0.2) is 0 Å². The van der Waals surface area contributed by atoms with E-state index in [0.29, 0.717) is 0 Å². The third-order valence-electron chi connectivity index (χ3n) is 4.73. The number of carbonyl (C=O) groups excluding carboxylic acids is 1. The average molecular weight is 386 g/mol. The van der Waals surface area contributed by atoms with Crippen molar-refractivity contribution in [2.24, 2.45) is 0 Å². The van der Waals surface area contributed by atoms with Crippen LogP contribution in [0.1, 0.15) is 31.2 Å². The summed E-state index contributed by atoms with van der Waals surface area (Å²) in [6.07, 6.45) is 4.38. The molecule has 0 spiro atoms. The Hall–Kier alpha value is -0.620. The summed E-state index contributed by atoms with van der Waals surface area (Å²) < 4.78 is 0. The Bertz CT molecular complexity index is 493. The first-order valence-electron chi connectivity index (χ1n) is 7.23. The highest BCUT2D eigenvalue weighted by molar-refractivity contribution is 14.0.